The van der Waals surface area contributed by atoms with Crippen molar-refractivity contribution in [2.75, 3.05) is 19.5 Å². The Morgan fingerprint density at radius 1 is 1.07 bits per heavy atom. The molecule has 0 saturated carbocycles. The minimum Gasteiger partial charge on any atom is -0.496 e. The van der Waals surface area contributed by atoms with Gasteiger partial charge in [0.25, 0.3) is 0 Å². The zero-order chi connectivity index (χ0) is 20.2. The summed E-state index contributed by atoms with van der Waals surface area (Å²) in [6.45, 7) is 0.900. The predicted molar refractivity (Wildman–Crippen MR) is 112 cm³/mol. The van der Waals surface area contributed by atoms with Gasteiger partial charge in [-0.25, -0.2) is 0 Å². The molecule has 2 atom stereocenters. The summed E-state index contributed by atoms with van der Waals surface area (Å²) in [7, 11) is 1.63. The first-order valence-electron chi connectivity index (χ1n) is 9.68. The Bertz CT molecular complexity index is 974. The van der Waals surface area contributed by atoms with Gasteiger partial charge in [0.05, 0.1) is 19.8 Å². The van der Waals surface area contributed by atoms with Gasteiger partial charge in [-0.2, -0.15) is 0 Å². The van der Waals surface area contributed by atoms with Crippen LogP contribution in [0.25, 0.3) is 0 Å². The Kier molecular flexibility index (Phi) is 5.58. The molecule has 0 radical (unpaired) electrons. The van der Waals surface area contributed by atoms with Crippen LogP contribution in [0.15, 0.2) is 66.7 Å². The molecule has 0 aromatic heterocycles. The molecule has 29 heavy (non-hydrogen) atoms. The average molecular weight is 391 g/mol. The lowest BCUT2D eigenvalue weighted by molar-refractivity contribution is 0.0502. The first kappa shape index (κ1) is 19.2. The number of methoxy groups -OCH3 is 1. The standard InChI is InChI=1S/C24H25NO4/c1-27-22-9-7-19(25)12-17(22)11-18-15-29-23-10-8-20(13-21(23)24(18)26)28-14-16-5-3-2-4-6-16/h2-10,12-13,18,24,26H,11,14-15,25H2,1H3/t18?,24-/m1/s1. The summed E-state index contributed by atoms with van der Waals surface area (Å²) < 4.78 is 17.3. The van der Waals surface area contributed by atoms with Crippen LogP contribution in [0.3, 0.4) is 0 Å². The van der Waals surface area contributed by atoms with Gasteiger partial charge in [0.15, 0.2) is 0 Å². The highest BCUT2D eigenvalue weighted by Gasteiger charge is 2.30. The van der Waals surface area contributed by atoms with Gasteiger partial charge in [-0.3, -0.25) is 0 Å². The zero-order valence-corrected chi connectivity index (χ0v) is 16.4. The summed E-state index contributed by atoms with van der Waals surface area (Å²) in [5.41, 5.74) is 9.40. The Morgan fingerprint density at radius 2 is 1.90 bits per heavy atom. The minimum atomic E-state index is -0.662. The van der Waals surface area contributed by atoms with Gasteiger partial charge in [-0.15, -0.1) is 0 Å². The van der Waals surface area contributed by atoms with Gasteiger partial charge < -0.3 is 25.1 Å². The fraction of sp³-hybridized carbons (Fsp3) is 0.250. The molecule has 0 spiro atoms. The number of fused-ring (bicyclic) bond motifs is 1. The molecule has 0 fully saturated rings. The molecule has 1 unspecified atom stereocenters. The topological polar surface area (TPSA) is 73.9 Å². The lowest BCUT2D eigenvalue weighted by Crippen LogP contribution is -2.27. The molecule has 1 heterocycles. The molecule has 0 aliphatic carbocycles. The Hall–Kier alpha value is -3.18. The Balaban J connectivity index is 1.50. The predicted octanol–water partition coefficient (Wildman–Crippen LogP) is 4.14. The first-order chi connectivity index (χ1) is 14.1. The summed E-state index contributed by atoms with van der Waals surface area (Å²) in [5.74, 6) is 2.05. The van der Waals surface area contributed by atoms with Crippen LogP contribution in [-0.4, -0.2) is 18.8 Å². The van der Waals surface area contributed by atoms with E-state index in [4.69, 9.17) is 19.9 Å². The van der Waals surface area contributed by atoms with Crippen molar-refractivity contribution < 1.29 is 19.3 Å². The molecular weight excluding hydrogens is 366 g/mol. The van der Waals surface area contributed by atoms with Crippen molar-refractivity contribution in [2.24, 2.45) is 5.92 Å². The third-order valence-corrected chi connectivity index (χ3v) is 5.23. The second-order valence-corrected chi connectivity index (χ2v) is 7.27. The van der Waals surface area contributed by atoms with Crippen molar-refractivity contribution in [3.8, 4) is 17.2 Å². The number of ether oxygens (including phenoxy) is 3. The van der Waals surface area contributed by atoms with Crippen LogP contribution < -0.4 is 19.9 Å². The smallest absolute Gasteiger partial charge is 0.125 e. The highest BCUT2D eigenvalue weighted by atomic mass is 16.5. The van der Waals surface area contributed by atoms with Crippen molar-refractivity contribution >= 4 is 5.69 Å². The van der Waals surface area contributed by atoms with Crippen LogP contribution in [0.5, 0.6) is 17.2 Å². The third kappa shape index (κ3) is 4.30. The van der Waals surface area contributed by atoms with Gasteiger partial charge in [0.2, 0.25) is 0 Å². The lowest BCUT2D eigenvalue weighted by atomic mass is 9.87. The average Bonchev–Trinajstić information content (AvgIpc) is 2.75. The molecule has 0 bridgehead atoms. The monoisotopic (exact) mass is 391 g/mol. The lowest BCUT2D eigenvalue weighted by Gasteiger charge is -2.31. The van der Waals surface area contributed by atoms with E-state index >= 15 is 0 Å². The zero-order valence-electron chi connectivity index (χ0n) is 16.4. The van der Waals surface area contributed by atoms with Crippen molar-refractivity contribution in [1.82, 2.24) is 0 Å². The molecule has 0 amide bonds. The van der Waals surface area contributed by atoms with Crippen molar-refractivity contribution in [2.45, 2.75) is 19.1 Å². The molecule has 0 saturated heterocycles. The first-order valence-corrected chi connectivity index (χ1v) is 9.68. The van der Waals surface area contributed by atoms with E-state index in [1.807, 2.05) is 66.7 Å². The van der Waals surface area contributed by atoms with E-state index in [9.17, 15) is 5.11 Å². The molecule has 5 heteroatoms. The van der Waals surface area contributed by atoms with Gasteiger partial charge in [0, 0.05) is 17.2 Å². The summed E-state index contributed by atoms with van der Waals surface area (Å²) in [6.07, 6.45) is -0.0608. The summed E-state index contributed by atoms with van der Waals surface area (Å²) in [5, 5.41) is 11.0. The summed E-state index contributed by atoms with van der Waals surface area (Å²) >= 11 is 0. The molecular formula is C24H25NO4. The van der Waals surface area contributed by atoms with Crippen LogP contribution in [0.4, 0.5) is 5.69 Å². The minimum absolute atomic E-state index is 0.109. The number of hydrogen-bond acceptors (Lipinski definition) is 5. The van der Waals surface area contributed by atoms with E-state index in [1.165, 1.54) is 0 Å². The molecule has 3 N–H and O–H groups in total. The van der Waals surface area contributed by atoms with E-state index in [2.05, 4.69) is 0 Å². The Labute approximate surface area is 170 Å². The third-order valence-electron chi connectivity index (χ3n) is 5.23. The summed E-state index contributed by atoms with van der Waals surface area (Å²) in [4.78, 5) is 0. The van der Waals surface area contributed by atoms with Crippen LogP contribution in [0, 0.1) is 5.92 Å². The van der Waals surface area contributed by atoms with Gasteiger partial charge in [0.1, 0.15) is 23.9 Å². The number of rotatable bonds is 6. The van der Waals surface area contributed by atoms with Crippen molar-refractivity contribution in [3.63, 3.8) is 0 Å². The molecule has 1 aliphatic rings. The maximum Gasteiger partial charge on any atom is 0.125 e. The fourth-order valence-corrected chi connectivity index (χ4v) is 3.67. The maximum absolute atomic E-state index is 11.0. The number of benzene rings is 3. The van der Waals surface area contributed by atoms with Crippen LogP contribution in [0.1, 0.15) is 22.8 Å². The SMILES string of the molecule is COc1ccc(N)cc1CC1COc2ccc(OCc3ccccc3)cc2[C@@H]1O. The number of aliphatic hydroxyl groups excluding tert-OH is 1. The quantitative estimate of drug-likeness (QED) is 0.618. The molecule has 150 valence electrons. The number of anilines is 1. The van der Waals surface area contributed by atoms with E-state index < -0.39 is 6.10 Å². The van der Waals surface area contributed by atoms with Gasteiger partial charge in [-0.1, -0.05) is 30.3 Å². The number of hydrogen-bond donors (Lipinski definition) is 2. The van der Waals surface area contributed by atoms with E-state index in [-0.39, 0.29) is 5.92 Å². The van der Waals surface area contributed by atoms with Crippen molar-refractivity contribution in [1.29, 1.82) is 0 Å². The van der Waals surface area contributed by atoms with E-state index in [0.717, 1.165) is 22.4 Å². The molecule has 4 rings (SSSR count). The van der Waals surface area contributed by atoms with Crippen LogP contribution in [-0.2, 0) is 13.0 Å². The van der Waals surface area contributed by atoms with Crippen molar-refractivity contribution in [3.05, 3.63) is 83.4 Å². The summed E-state index contributed by atoms with van der Waals surface area (Å²) in [6, 6.07) is 21.1. The second-order valence-electron chi connectivity index (χ2n) is 7.27. The number of nitrogens with two attached hydrogens (primary N) is 1. The van der Waals surface area contributed by atoms with Crippen LogP contribution >= 0.6 is 0 Å². The molecule has 3 aromatic rings. The molecule has 3 aromatic carbocycles. The Morgan fingerprint density at radius 3 is 2.69 bits per heavy atom. The van der Waals surface area contributed by atoms with E-state index in [0.29, 0.717) is 36.8 Å². The number of nitrogen functional groups attached to an aromatic ring is 1. The normalized spacial score (nSPS) is 17.9. The van der Waals surface area contributed by atoms with E-state index in [1.54, 1.807) is 7.11 Å². The van der Waals surface area contributed by atoms with Gasteiger partial charge >= 0.3 is 0 Å². The highest BCUT2D eigenvalue weighted by Crippen LogP contribution is 2.40. The number of aliphatic hydroxyl groups is 1. The second kappa shape index (κ2) is 8.45. The molecule has 1 aliphatic heterocycles. The maximum atomic E-state index is 11.0. The van der Waals surface area contributed by atoms with Gasteiger partial charge in [-0.05, 0) is 53.9 Å². The largest absolute Gasteiger partial charge is 0.496 e. The van der Waals surface area contributed by atoms with Crippen LogP contribution in [0.2, 0.25) is 0 Å². The highest BCUT2D eigenvalue weighted by molar-refractivity contribution is 5.49. The fourth-order valence-electron chi connectivity index (χ4n) is 3.67. The molecule has 5 nitrogen and oxygen atoms in total.